The highest BCUT2D eigenvalue weighted by Crippen LogP contribution is 2.39. The number of halogens is 3. The second kappa shape index (κ2) is 6.16. The lowest BCUT2D eigenvalue weighted by molar-refractivity contribution is 0.637. The molecule has 0 fully saturated rings. The highest BCUT2D eigenvalue weighted by molar-refractivity contribution is 9.12. The van der Waals surface area contributed by atoms with E-state index in [0.29, 0.717) is 5.39 Å². The first-order chi connectivity index (χ1) is 10.1. The SMILES string of the molecule is CNC(c1cc(Br)sc1Br)c1ccc(F)c2ccccc12. The predicted octanol–water partition coefficient (Wildman–Crippen LogP) is 5.87. The summed E-state index contributed by atoms with van der Waals surface area (Å²) in [4.78, 5) is 0. The van der Waals surface area contributed by atoms with E-state index in [4.69, 9.17) is 0 Å². The number of hydrogen-bond donors (Lipinski definition) is 1. The molecule has 1 atom stereocenters. The number of benzene rings is 2. The number of thiophene rings is 1. The number of hydrogen-bond acceptors (Lipinski definition) is 2. The third-order valence-electron chi connectivity index (χ3n) is 3.50. The molecular weight excluding hydrogens is 417 g/mol. The lowest BCUT2D eigenvalue weighted by atomic mass is 9.95. The predicted molar refractivity (Wildman–Crippen MR) is 94.5 cm³/mol. The molecular formula is C16H12Br2FNS. The molecule has 3 rings (SSSR count). The van der Waals surface area contributed by atoms with Gasteiger partial charge in [-0.1, -0.05) is 30.3 Å². The Kier molecular flexibility index (Phi) is 4.45. The first-order valence-corrected chi connectivity index (χ1v) is 8.81. The van der Waals surface area contributed by atoms with Gasteiger partial charge in [0.15, 0.2) is 0 Å². The third-order valence-corrected chi connectivity index (χ3v) is 5.88. The van der Waals surface area contributed by atoms with Crippen molar-refractivity contribution in [3.05, 3.63) is 67.0 Å². The Bertz CT molecular complexity index is 800. The minimum absolute atomic E-state index is 0.00687. The smallest absolute Gasteiger partial charge is 0.131 e. The zero-order valence-corrected chi connectivity index (χ0v) is 15.1. The summed E-state index contributed by atoms with van der Waals surface area (Å²) in [6.07, 6.45) is 0. The Labute approximate surface area is 143 Å². The van der Waals surface area contributed by atoms with Gasteiger partial charge in [-0.15, -0.1) is 11.3 Å². The molecule has 21 heavy (non-hydrogen) atoms. The van der Waals surface area contributed by atoms with Crippen LogP contribution in [0, 0.1) is 5.82 Å². The summed E-state index contributed by atoms with van der Waals surface area (Å²) in [6.45, 7) is 0. The van der Waals surface area contributed by atoms with Crippen LogP contribution in [-0.2, 0) is 0 Å². The van der Waals surface area contributed by atoms with Crippen molar-refractivity contribution in [2.24, 2.45) is 0 Å². The molecule has 1 unspecified atom stereocenters. The molecule has 1 aromatic heterocycles. The average molecular weight is 429 g/mol. The summed E-state index contributed by atoms with van der Waals surface area (Å²) >= 11 is 8.76. The zero-order chi connectivity index (χ0) is 15.0. The van der Waals surface area contributed by atoms with E-state index in [0.717, 1.165) is 24.1 Å². The molecule has 5 heteroatoms. The Morgan fingerprint density at radius 2 is 1.76 bits per heavy atom. The molecule has 0 amide bonds. The molecule has 2 aromatic carbocycles. The second-order valence-electron chi connectivity index (χ2n) is 4.68. The van der Waals surface area contributed by atoms with Crippen molar-refractivity contribution in [3.8, 4) is 0 Å². The van der Waals surface area contributed by atoms with Gasteiger partial charge >= 0.3 is 0 Å². The van der Waals surface area contributed by atoms with Crippen molar-refractivity contribution in [2.45, 2.75) is 6.04 Å². The van der Waals surface area contributed by atoms with Gasteiger partial charge in [-0.3, -0.25) is 0 Å². The van der Waals surface area contributed by atoms with Gasteiger partial charge < -0.3 is 5.32 Å². The summed E-state index contributed by atoms with van der Waals surface area (Å²) in [7, 11) is 1.92. The van der Waals surface area contributed by atoms with Gasteiger partial charge in [-0.05, 0) is 67.6 Å². The summed E-state index contributed by atoms with van der Waals surface area (Å²) in [6, 6.07) is 13.1. The molecule has 0 saturated carbocycles. The van der Waals surface area contributed by atoms with Crippen molar-refractivity contribution in [1.82, 2.24) is 5.32 Å². The molecule has 108 valence electrons. The number of nitrogens with one attached hydrogen (secondary N) is 1. The van der Waals surface area contributed by atoms with Gasteiger partial charge in [0.1, 0.15) is 5.82 Å². The summed E-state index contributed by atoms with van der Waals surface area (Å²) in [5, 5.41) is 4.92. The van der Waals surface area contributed by atoms with Gasteiger partial charge in [0.05, 0.1) is 13.6 Å². The standard InChI is InChI=1S/C16H12Br2FNS/c1-20-15(12-8-14(17)21-16(12)18)11-6-7-13(19)10-5-3-2-4-9(10)11/h2-8,15,20H,1H3. The first-order valence-electron chi connectivity index (χ1n) is 6.41. The average Bonchev–Trinajstić information content (AvgIpc) is 2.81. The minimum Gasteiger partial charge on any atom is -0.309 e. The zero-order valence-electron chi connectivity index (χ0n) is 11.2. The van der Waals surface area contributed by atoms with Crippen LogP contribution in [0.25, 0.3) is 10.8 Å². The maximum Gasteiger partial charge on any atom is 0.131 e. The van der Waals surface area contributed by atoms with E-state index in [9.17, 15) is 4.39 Å². The van der Waals surface area contributed by atoms with E-state index in [2.05, 4.69) is 43.2 Å². The van der Waals surface area contributed by atoms with Gasteiger partial charge in [0, 0.05) is 5.39 Å². The van der Waals surface area contributed by atoms with E-state index >= 15 is 0 Å². The summed E-state index contributed by atoms with van der Waals surface area (Å²) in [5.74, 6) is -0.185. The van der Waals surface area contributed by atoms with E-state index in [1.165, 1.54) is 6.07 Å². The summed E-state index contributed by atoms with van der Waals surface area (Å²) in [5.41, 5.74) is 2.21. The fourth-order valence-corrected chi connectivity index (χ4v) is 5.47. The fourth-order valence-electron chi connectivity index (χ4n) is 2.57. The Balaban J connectivity index is 2.22. The van der Waals surface area contributed by atoms with Crippen LogP contribution in [0.15, 0.2) is 50.0 Å². The van der Waals surface area contributed by atoms with Crippen molar-refractivity contribution < 1.29 is 4.39 Å². The van der Waals surface area contributed by atoms with Gasteiger partial charge in [0.2, 0.25) is 0 Å². The van der Waals surface area contributed by atoms with Gasteiger partial charge in [-0.25, -0.2) is 4.39 Å². The van der Waals surface area contributed by atoms with E-state index < -0.39 is 0 Å². The second-order valence-corrected chi connectivity index (χ2v) is 8.43. The molecule has 3 aromatic rings. The van der Waals surface area contributed by atoms with Crippen molar-refractivity contribution >= 4 is 54.0 Å². The van der Waals surface area contributed by atoms with Crippen LogP contribution in [0.4, 0.5) is 4.39 Å². The van der Waals surface area contributed by atoms with Crippen LogP contribution in [0.3, 0.4) is 0 Å². The molecule has 0 aliphatic carbocycles. The molecule has 0 aliphatic heterocycles. The van der Waals surface area contributed by atoms with Crippen LogP contribution in [0.1, 0.15) is 17.2 Å². The van der Waals surface area contributed by atoms with Crippen LogP contribution >= 0.6 is 43.2 Å². The van der Waals surface area contributed by atoms with Gasteiger partial charge in [0.25, 0.3) is 0 Å². The Morgan fingerprint density at radius 1 is 1.05 bits per heavy atom. The quantitative estimate of drug-likeness (QED) is 0.549. The van der Waals surface area contributed by atoms with Crippen LogP contribution in [-0.4, -0.2) is 7.05 Å². The molecule has 0 spiro atoms. The van der Waals surface area contributed by atoms with Gasteiger partial charge in [-0.2, -0.15) is 0 Å². The molecule has 0 bridgehead atoms. The summed E-state index contributed by atoms with van der Waals surface area (Å²) < 4.78 is 16.1. The maximum absolute atomic E-state index is 14.0. The Hall–Kier alpha value is -0.750. The molecule has 0 saturated heterocycles. The first kappa shape index (κ1) is 15.2. The third kappa shape index (κ3) is 2.80. The van der Waals surface area contributed by atoms with Crippen molar-refractivity contribution in [1.29, 1.82) is 0 Å². The molecule has 1 N–H and O–H groups in total. The monoisotopic (exact) mass is 427 g/mol. The lowest BCUT2D eigenvalue weighted by Gasteiger charge is -2.19. The van der Waals surface area contributed by atoms with E-state index in [1.54, 1.807) is 11.3 Å². The topological polar surface area (TPSA) is 12.0 Å². The van der Waals surface area contributed by atoms with Crippen LogP contribution in [0.2, 0.25) is 0 Å². The number of fused-ring (bicyclic) bond motifs is 1. The maximum atomic E-state index is 14.0. The Morgan fingerprint density at radius 3 is 2.38 bits per heavy atom. The normalized spacial score (nSPS) is 12.8. The largest absolute Gasteiger partial charge is 0.309 e. The molecule has 0 radical (unpaired) electrons. The van der Waals surface area contributed by atoms with E-state index in [-0.39, 0.29) is 11.9 Å². The van der Waals surface area contributed by atoms with E-state index in [1.807, 2.05) is 37.4 Å². The highest BCUT2D eigenvalue weighted by atomic mass is 79.9. The molecule has 0 aliphatic rings. The molecule has 1 nitrogen and oxygen atoms in total. The van der Waals surface area contributed by atoms with Crippen LogP contribution in [0.5, 0.6) is 0 Å². The van der Waals surface area contributed by atoms with Crippen molar-refractivity contribution in [3.63, 3.8) is 0 Å². The minimum atomic E-state index is -0.185. The lowest BCUT2D eigenvalue weighted by Crippen LogP contribution is -2.17. The highest BCUT2D eigenvalue weighted by Gasteiger charge is 2.20. The van der Waals surface area contributed by atoms with Crippen LogP contribution < -0.4 is 5.32 Å². The molecule has 1 heterocycles. The fraction of sp³-hybridized carbons (Fsp3) is 0.125. The van der Waals surface area contributed by atoms with Crippen molar-refractivity contribution in [2.75, 3.05) is 7.05 Å². The number of rotatable bonds is 3.